The lowest BCUT2D eigenvalue weighted by atomic mass is 10.2. The smallest absolute Gasteiger partial charge is 0.275 e. The molecular formula is C19H25N6O2S+. The third kappa shape index (κ3) is 3.76. The summed E-state index contributed by atoms with van der Waals surface area (Å²) in [5, 5.41) is 8.04. The number of quaternary nitrogens is 1. The quantitative estimate of drug-likeness (QED) is 0.422. The Morgan fingerprint density at radius 2 is 2.14 bits per heavy atom. The molecule has 0 aliphatic heterocycles. The molecule has 9 heteroatoms. The lowest BCUT2D eigenvalue weighted by molar-refractivity contribution is -0.895. The third-order valence-corrected chi connectivity index (χ3v) is 4.84. The van der Waals surface area contributed by atoms with Crippen LogP contribution in [0.5, 0.6) is 0 Å². The number of allylic oxidation sites excluding steroid dienone is 1. The predicted molar refractivity (Wildman–Crippen MR) is 111 cm³/mol. The zero-order chi connectivity index (χ0) is 20.3. The van der Waals surface area contributed by atoms with Crippen LogP contribution in [0.1, 0.15) is 13.3 Å². The monoisotopic (exact) mass is 401 g/mol. The van der Waals surface area contributed by atoms with Crippen molar-refractivity contribution in [2.45, 2.75) is 26.6 Å². The molecule has 2 aromatic heterocycles. The average Bonchev–Trinajstić information content (AvgIpc) is 2.99. The summed E-state index contributed by atoms with van der Waals surface area (Å²) in [6.07, 6.45) is 2.56. The standard InChI is InChI=1S/C19H24N6O2S/c1-4-10-20-16(26)12-22(3)13-24-19(28)25-15-9-7-6-8-14(15)17(27)23(11-5-2)18(25)21-24/h5-9H,2,4,10-13H2,1,3H3,(H,20,26)/p+1. The number of nitrogens with one attached hydrogen (secondary N) is 2. The van der Waals surface area contributed by atoms with E-state index in [1.807, 2.05) is 32.2 Å². The molecule has 0 aliphatic carbocycles. The van der Waals surface area contributed by atoms with Crippen LogP contribution in [-0.4, -0.2) is 44.8 Å². The first kappa shape index (κ1) is 20.0. The van der Waals surface area contributed by atoms with Crippen LogP contribution >= 0.6 is 12.2 Å². The van der Waals surface area contributed by atoms with Gasteiger partial charge in [-0.25, -0.2) is 0 Å². The van der Waals surface area contributed by atoms with Gasteiger partial charge in [0.25, 0.3) is 11.5 Å². The number of benzene rings is 1. The van der Waals surface area contributed by atoms with Gasteiger partial charge >= 0.3 is 0 Å². The second-order valence-electron chi connectivity index (χ2n) is 6.78. The van der Waals surface area contributed by atoms with Crippen molar-refractivity contribution < 1.29 is 9.69 Å². The first-order valence-electron chi connectivity index (χ1n) is 9.28. The Balaban J connectivity index is 2.05. The third-order valence-electron chi connectivity index (χ3n) is 4.45. The molecule has 28 heavy (non-hydrogen) atoms. The van der Waals surface area contributed by atoms with E-state index in [4.69, 9.17) is 12.2 Å². The number of carbonyl (C=O) groups is 1. The number of hydrogen-bond acceptors (Lipinski definition) is 4. The van der Waals surface area contributed by atoms with Gasteiger partial charge in [0, 0.05) is 13.1 Å². The molecular weight excluding hydrogens is 376 g/mol. The van der Waals surface area contributed by atoms with Crippen molar-refractivity contribution in [2.75, 3.05) is 20.1 Å². The van der Waals surface area contributed by atoms with Crippen molar-refractivity contribution >= 4 is 34.8 Å². The fourth-order valence-corrected chi connectivity index (χ4v) is 3.46. The van der Waals surface area contributed by atoms with E-state index in [0.29, 0.717) is 42.2 Å². The lowest BCUT2D eigenvalue weighted by Gasteiger charge is -2.13. The molecule has 0 saturated carbocycles. The van der Waals surface area contributed by atoms with Crippen LogP contribution < -0.4 is 15.8 Å². The lowest BCUT2D eigenvalue weighted by Crippen LogP contribution is -3.09. The minimum absolute atomic E-state index is 0.0105. The van der Waals surface area contributed by atoms with Crippen LogP contribution in [0.25, 0.3) is 16.7 Å². The van der Waals surface area contributed by atoms with Gasteiger partial charge < -0.3 is 10.2 Å². The number of carbonyl (C=O) groups excluding carboxylic acids is 1. The van der Waals surface area contributed by atoms with E-state index in [1.165, 1.54) is 0 Å². The Bertz CT molecular complexity index is 1140. The molecule has 1 amide bonds. The topological polar surface area (TPSA) is 77.8 Å². The van der Waals surface area contributed by atoms with Crippen molar-refractivity contribution in [1.29, 1.82) is 0 Å². The molecule has 0 spiro atoms. The molecule has 8 nitrogen and oxygen atoms in total. The minimum Gasteiger partial charge on any atom is -0.351 e. The largest absolute Gasteiger partial charge is 0.351 e. The molecule has 1 aromatic carbocycles. The van der Waals surface area contributed by atoms with Crippen molar-refractivity contribution in [1.82, 2.24) is 24.1 Å². The zero-order valence-corrected chi connectivity index (χ0v) is 17.0. The summed E-state index contributed by atoms with van der Waals surface area (Å²) in [6, 6.07) is 7.34. The summed E-state index contributed by atoms with van der Waals surface area (Å²) in [4.78, 5) is 25.8. The first-order valence-corrected chi connectivity index (χ1v) is 9.68. The highest BCUT2D eigenvalue weighted by atomic mass is 32.1. The van der Waals surface area contributed by atoms with E-state index in [2.05, 4.69) is 17.0 Å². The van der Waals surface area contributed by atoms with Crippen LogP contribution in [0.2, 0.25) is 0 Å². The fourth-order valence-electron chi connectivity index (χ4n) is 3.18. The number of para-hydroxylation sites is 1. The summed E-state index contributed by atoms with van der Waals surface area (Å²) < 4.78 is 5.51. The van der Waals surface area contributed by atoms with Crippen LogP contribution in [0.3, 0.4) is 0 Å². The van der Waals surface area contributed by atoms with Gasteiger partial charge in [-0.05, 0) is 30.8 Å². The number of aromatic nitrogens is 4. The van der Waals surface area contributed by atoms with E-state index < -0.39 is 0 Å². The van der Waals surface area contributed by atoms with Crippen molar-refractivity contribution in [3.05, 3.63) is 52.0 Å². The highest BCUT2D eigenvalue weighted by Crippen LogP contribution is 2.13. The predicted octanol–water partition coefficient (Wildman–Crippen LogP) is 0.365. The summed E-state index contributed by atoms with van der Waals surface area (Å²) in [7, 11) is 1.91. The van der Waals surface area contributed by atoms with Crippen LogP contribution in [0.15, 0.2) is 41.7 Å². The normalized spacial score (nSPS) is 12.4. The van der Waals surface area contributed by atoms with Gasteiger partial charge in [-0.3, -0.25) is 18.6 Å². The fraction of sp³-hybridized carbons (Fsp3) is 0.368. The number of fused-ring (bicyclic) bond motifs is 3. The summed E-state index contributed by atoms with van der Waals surface area (Å²) in [6.45, 7) is 7.48. The highest BCUT2D eigenvalue weighted by molar-refractivity contribution is 7.71. The Kier molecular flexibility index (Phi) is 6.05. The Morgan fingerprint density at radius 3 is 2.86 bits per heavy atom. The SMILES string of the molecule is C=CCn1c(=O)c2ccccc2n2c(=S)n(C[NH+](C)CC(=O)NCCC)nc12. The average molecular weight is 402 g/mol. The molecule has 0 aliphatic rings. The van der Waals surface area contributed by atoms with Crippen molar-refractivity contribution in [3.63, 3.8) is 0 Å². The Morgan fingerprint density at radius 1 is 1.39 bits per heavy atom. The zero-order valence-electron chi connectivity index (χ0n) is 16.1. The van der Waals surface area contributed by atoms with Gasteiger partial charge in [0.05, 0.1) is 18.0 Å². The molecule has 148 valence electrons. The minimum atomic E-state index is -0.130. The van der Waals surface area contributed by atoms with Crippen LogP contribution in [0, 0.1) is 4.77 Å². The van der Waals surface area contributed by atoms with E-state index in [1.54, 1.807) is 25.8 Å². The molecule has 0 radical (unpaired) electrons. The van der Waals surface area contributed by atoms with Crippen molar-refractivity contribution in [3.8, 4) is 0 Å². The van der Waals surface area contributed by atoms with Gasteiger partial charge in [0.2, 0.25) is 10.5 Å². The maximum absolute atomic E-state index is 12.9. The van der Waals surface area contributed by atoms with Crippen molar-refractivity contribution in [2.24, 2.45) is 0 Å². The van der Waals surface area contributed by atoms with E-state index >= 15 is 0 Å². The number of rotatable bonds is 8. The first-order chi connectivity index (χ1) is 13.5. The summed E-state index contributed by atoms with van der Waals surface area (Å²) in [5.74, 6) is 0.459. The highest BCUT2D eigenvalue weighted by Gasteiger charge is 2.17. The molecule has 3 aromatic rings. The number of amides is 1. The van der Waals surface area contributed by atoms with Gasteiger partial charge in [-0.15, -0.1) is 11.7 Å². The van der Waals surface area contributed by atoms with E-state index in [-0.39, 0.29) is 11.5 Å². The van der Waals surface area contributed by atoms with Crippen LogP contribution in [0.4, 0.5) is 0 Å². The van der Waals surface area contributed by atoms with E-state index in [9.17, 15) is 9.59 Å². The molecule has 2 heterocycles. The molecule has 1 atom stereocenters. The Labute approximate surface area is 167 Å². The maximum Gasteiger partial charge on any atom is 0.275 e. The van der Waals surface area contributed by atoms with Gasteiger partial charge in [-0.1, -0.05) is 25.1 Å². The molecule has 0 saturated heterocycles. The van der Waals surface area contributed by atoms with Crippen LogP contribution in [-0.2, 0) is 18.0 Å². The van der Waals surface area contributed by atoms with Gasteiger partial charge in [0.1, 0.15) is 0 Å². The van der Waals surface area contributed by atoms with E-state index in [0.717, 1.165) is 16.8 Å². The summed E-state index contributed by atoms with van der Waals surface area (Å²) >= 11 is 5.65. The van der Waals surface area contributed by atoms with Gasteiger partial charge in [0.15, 0.2) is 13.2 Å². The summed E-state index contributed by atoms with van der Waals surface area (Å²) in [5.41, 5.74) is 0.590. The molecule has 2 N–H and O–H groups in total. The molecule has 0 bridgehead atoms. The second-order valence-corrected chi connectivity index (χ2v) is 7.15. The number of nitrogens with zero attached hydrogens (tertiary/aromatic N) is 4. The number of hydrogen-bond donors (Lipinski definition) is 2. The Hall–Kier alpha value is -2.78. The molecule has 1 unspecified atom stereocenters. The number of likely N-dealkylation sites (N-methyl/N-ethyl adjacent to an activating group) is 1. The van der Waals surface area contributed by atoms with Gasteiger partial charge in [-0.2, -0.15) is 4.68 Å². The molecule has 3 rings (SSSR count). The second kappa shape index (κ2) is 8.49. The molecule has 0 fully saturated rings. The maximum atomic E-state index is 12.9.